The van der Waals surface area contributed by atoms with Gasteiger partial charge in [0.05, 0.1) is 19.9 Å². The molecule has 0 unspecified atom stereocenters. The van der Waals surface area contributed by atoms with Crippen LogP contribution in [0.2, 0.25) is 5.02 Å². The third kappa shape index (κ3) is 4.47. The Hall–Kier alpha value is -3.16. The molecule has 0 radical (unpaired) electrons. The highest BCUT2D eigenvalue weighted by atomic mass is 35.5. The normalized spacial score (nSPS) is 15.2. The molecule has 6 nitrogen and oxygen atoms in total. The molecular weight excluding hydrogens is 436 g/mol. The van der Waals surface area contributed by atoms with Crippen molar-refractivity contribution in [2.75, 3.05) is 19.1 Å². The van der Waals surface area contributed by atoms with Gasteiger partial charge in [-0.1, -0.05) is 23.7 Å². The fourth-order valence-electron chi connectivity index (χ4n) is 3.24. The van der Waals surface area contributed by atoms with Crippen molar-refractivity contribution in [1.29, 1.82) is 0 Å². The molecule has 0 saturated carbocycles. The summed E-state index contributed by atoms with van der Waals surface area (Å²) in [5.41, 5.74) is 2.67. The first-order valence-electron chi connectivity index (χ1n) is 9.34. The van der Waals surface area contributed by atoms with Gasteiger partial charge >= 0.3 is 0 Å². The molecule has 2 aromatic rings. The van der Waals surface area contributed by atoms with E-state index in [4.69, 9.17) is 33.3 Å². The van der Waals surface area contributed by atoms with Gasteiger partial charge in [-0.25, -0.2) is 0 Å². The standard InChI is InChI=1S/C23H21ClN2O4S/c1-5-6-15-9-14(11-19(29-3)20(15)30-4)10-17-21(27)25-23(31)26(22(17)28)16-8-7-13(2)18(24)12-16/h5,7-12H,1,6H2,2-4H3,(H,25,27,31)/b17-10+. The van der Waals surface area contributed by atoms with Crippen molar-refractivity contribution < 1.29 is 19.1 Å². The second kappa shape index (κ2) is 9.32. The molecule has 8 heteroatoms. The Kier molecular flexibility index (Phi) is 6.77. The molecule has 2 amide bonds. The van der Waals surface area contributed by atoms with Crippen molar-refractivity contribution in [3.05, 3.63) is 70.3 Å². The zero-order valence-electron chi connectivity index (χ0n) is 17.3. The molecule has 1 fully saturated rings. The van der Waals surface area contributed by atoms with Crippen molar-refractivity contribution in [3.63, 3.8) is 0 Å². The molecule has 2 aromatic carbocycles. The molecule has 3 rings (SSSR count). The van der Waals surface area contributed by atoms with Crippen LogP contribution in [0.5, 0.6) is 11.5 Å². The Morgan fingerprint density at radius 2 is 1.94 bits per heavy atom. The van der Waals surface area contributed by atoms with Crippen molar-refractivity contribution in [2.45, 2.75) is 13.3 Å². The number of aryl methyl sites for hydroxylation is 1. The predicted octanol–water partition coefficient (Wildman–Crippen LogP) is 4.23. The number of nitrogens with one attached hydrogen (secondary N) is 1. The van der Waals surface area contributed by atoms with Gasteiger partial charge in [0, 0.05) is 10.6 Å². The molecule has 0 aromatic heterocycles. The Morgan fingerprint density at radius 3 is 2.55 bits per heavy atom. The topological polar surface area (TPSA) is 67.9 Å². The second-order valence-corrected chi connectivity index (χ2v) is 7.59. The summed E-state index contributed by atoms with van der Waals surface area (Å²) in [7, 11) is 3.07. The molecule has 0 atom stereocenters. The largest absolute Gasteiger partial charge is 0.493 e. The van der Waals surface area contributed by atoms with Crippen molar-refractivity contribution >= 4 is 52.5 Å². The Balaban J connectivity index is 2.08. The lowest BCUT2D eigenvalue weighted by atomic mass is 10.0. The second-order valence-electron chi connectivity index (χ2n) is 6.80. The maximum absolute atomic E-state index is 13.2. The molecule has 1 aliphatic heterocycles. The van der Waals surface area contributed by atoms with Gasteiger partial charge in [-0.05, 0) is 67.0 Å². The number of ether oxygens (including phenoxy) is 2. The van der Waals surface area contributed by atoms with Crippen LogP contribution in [-0.4, -0.2) is 31.1 Å². The van der Waals surface area contributed by atoms with Gasteiger partial charge in [0.15, 0.2) is 16.6 Å². The van der Waals surface area contributed by atoms with Crippen molar-refractivity contribution in [1.82, 2.24) is 5.32 Å². The van der Waals surface area contributed by atoms with Crippen molar-refractivity contribution in [3.8, 4) is 11.5 Å². The average Bonchev–Trinajstić information content (AvgIpc) is 2.73. The van der Waals surface area contributed by atoms with Crippen LogP contribution in [0.15, 0.2) is 48.6 Å². The summed E-state index contributed by atoms with van der Waals surface area (Å²) >= 11 is 11.5. The van der Waals surface area contributed by atoms with Crippen LogP contribution in [0.3, 0.4) is 0 Å². The number of halogens is 1. The lowest BCUT2D eigenvalue weighted by molar-refractivity contribution is -0.122. The zero-order valence-corrected chi connectivity index (χ0v) is 18.9. The fourth-order valence-corrected chi connectivity index (χ4v) is 3.69. The number of allylic oxidation sites excluding steroid dienone is 1. The predicted molar refractivity (Wildman–Crippen MR) is 126 cm³/mol. The van der Waals surface area contributed by atoms with Crippen LogP contribution in [0.4, 0.5) is 5.69 Å². The van der Waals surface area contributed by atoms with E-state index in [-0.39, 0.29) is 10.7 Å². The number of nitrogens with zero attached hydrogens (tertiary/aromatic N) is 1. The van der Waals surface area contributed by atoms with E-state index in [1.54, 1.807) is 37.5 Å². The van der Waals surface area contributed by atoms with Gasteiger partial charge in [-0.2, -0.15) is 0 Å². The van der Waals surface area contributed by atoms with E-state index in [2.05, 4.69) is 11.9 Å². The van der Waals surface area contributed by atoms with Gasteiger partial charge in [0.25, 0.3) is 11.8 Å². The van der Waals surface area contributed by atoms with Gasteiger partial charge in [-0.3, -0.25) is 19.8 Å². The number of thiocarbonyl (C=S) groups is 1. The number of carbonyl (C=O) groups is 2. The maximum atomic E-state index is 13.2. The third-order valence-electron chi connectivity index (χ3n) is 4.77. The summed E-state index contributed by atoms with van der Waals surface area (Å²) in [4.78, 5) is 27.1. The molecule has 1 N–H and O–H groups in total. The highest BCUT2D eigenvalue weighted by Crippen LogP contribution is 2.34. The molecular formula is C23H21ClN2O4S. The van der Waals surface area contributed by atoms with E-state index >= 15 is 0 Å². The van der Waals surface area contributed by atoms with Crippen LogP contribution < -0.4 is 19.7 Å². The minimum Gasteiger partial charge on any atom is -0.493 e. The smallest absolute Gasteiger partial charge is 0.270 e. The third-order valence-corrected chi connectivity index (χ3v) is 5.46. The van der Waals surface area contributed by atoms with E-state index in [1.165, 1.54) is 18.1 Å². The number of rotatable bonds is 6. The quantitative estimate of drug-likeness (QED) is 0.305. The number of hydrogen-bond donors (Lipinski definition) is 1. The molecule has 1 saturated heterocycles. The van der Waals surface area contributed by atoms with Gasteiger partial charge < -0.3 is 9.47 Å². The minimum atomic E-state index is -0.579. The lowest BCUT2D eigenvalue weighted by Gasteiger charge is -2.29. The molecule has 31 heavy (non-hydrogen) atoms. The molecule has 160 valence electrons. The van der Waals surface area contributed by atoms with Crippen molar-refractivity contribution in [2.24, 2.45) is 0 Å². The summed E-state index contributed by atoms with van der Waals surface area (Å²) in [6.45, 7) is 5.61. The molecule has 0 bridgehead atoms. The lowest BCUT2D eigenvalue weighted by Crippen LogP contribution is -2.54. The molecule has 1 heterocycles. The summed E-state index contributed by atoms with van der Waals surface area (Å²) < 4.78 is 10.9. The van der Waals surface area contributed by atoms with E-state index in [9.17, 15) is 9.59 Å². The summed E-state index contributed by atoms with van der Waals surface area (Å²) in [6.07, 6.45) is 3.75. The van der Waals surface area contributed by atoms with E-state index < -0.39 is 11.8 Å². The average molecular weight is 457 g/mol. The van der Waals surface area contributed by atoms with Crippen LogP contribution in [0.1, 0.15) is 16.7 Å². The summed E-state index contributed by atoms with van der Waals surface area (Å²) in [5, 5.41) is 3.05. The highest BCUT2D eigenvalue weighted by molar-refractivity contribution is 7.80. The van der Waals surface area contributed by atoms with Crippen LogP contribution >= 0.6 is 23.8 Å². The Labute approximate surface area is 191 Å². The number of hydrogen-bond acceptors (Lipinski definition) is 5. The zero-order chi connectivity index (χ0) is 22.7. The van der Waals surface area contributed by atoms with E-state index in [0.29, 0.717) is 34.2 Å². The number of amides is 2. The first-order valence-corrected chi connectivity index (χ1v) is 10.1. The molecule has 1 aliphatic rings. The number of carbonyl (C=O) groups excluding carboxylic acids is 2. The highest BCUT2D eigenvalue weighted by Gasteiger charge is 2.34. The van der Waals surface area contributed by atoms with Gasteiger partial charge in [0.2, 0.25) is 0 Å². The SMILES string of the molecule is C=CCc1cc(/C=C2\C(=O)NC(=S)N(c3ccc(C)c(Cl)c3)C2=O)cc(OC)c1OC. The fraction of sp³-hybridized carbons (Fsp3) is 0.174. The van der Waals surface area contributed by atoms with E-state index in [0.717, 1.165) is 11.1 Å². The van der Waals surface area contributed by atoms with Gasteiger partial charge in [0.1, 0.15) is 5.57 Å². The number of methoxy groups -OCH3 is 2. The number of benzene rings is 2. The molecule has 0 spiro atoms. The number of anilines is 1. The van der Waals surface area contributed by atoms with Gasteiger partial charge in [-0.15, -0.1) is 6.58 Å². The maximum Gasteiger partial charge on any atom is 0.270 e. The van der Waals surface area contributed by atoms with E-state index in [1.807, 2.05) is 13.0 Å². The Morgan fingerprint density at radius 1 is 1.19 bits per heavy atom. The summed E-state index contributed by atoms with van der Waals surface area (Å²) in [5.74, 6) is -0.0747. The molecule has 0 aliphatic carbocycles. The van der Waals surface area contributed by atoms with Crippen LogP contribution in [0.25, 0.3) is 6.08 Å². The minimum absolute atomic E-state index is 0.00766. The first kappa shape index (κ1) is 22.5. The van der Waals surface area contributed by atoms with Crippen LogP contribution in [-0.2, 0) is 16.0 Å². The van der Waals surface area contributed by atoms with Crippen LogP contribution in [0, 0.1) is 6.92 Å². The first-order chi connectivity index (χ1) is 14.8. The summed E-state index contributed by atoms with van der Waals surface area (Å²) in [6, 6.07) is 8.65. The Bertz CT molecular complexity index is 1130. The monoisotopic (exact) mass is 456 g/mol.